The van der Waals surface area contributed by atoms with Gasteiger partial charge in [-0.05, 0) is 36.6 Å². The monoisotopic (exact) mass is 472 g/mol. The third kappa shape index (κ3) is 6.08. The van der Waals surface area contributed by atoms with Crippen molar-refractivity contribution in [2.45, 2.75) is 19.5 Å². The van der Waals surface area contributed by atoms with Crippen LogP contribution in [0.15, 0.2) is 54.1 Å². The average molecular weight is 473 g/mol. The fourth-order valence-electron chi connectivity index (χ4n) is 4.19. The first-order valence-corrected chi connectivity index (χ1v) is 11.5. The molecule has 2 aromatic rings. The minimum absolute atomic E-state index is 0.538. The number of hydrogen-bond acceptors (Lipinski definition) is 6. The molecular weight excluding hydrogens is 441 g/mol. The van der Waals surface area contributed by atoms with Crippen molar-refractivity contribution in [2.75, 3.05) is 61.9 Å². The van der Waals surface area contributed by atoms with Crippen LogP contribution in [0.5, 0.6) is 0 Å². The van der Waals surface area contributed by atoms with Gasteiger partial charge in [-0.2, -0.15) is 23.1 Å². The van der Waals surface area contributed by atoms with Gasteiger partial charge in [-0.3, -0.25) is 4.90 Å². The first-order chi connectivity index (χ1) is 16.2. The van der Waals surface area contributed by atoms with E-state index in [1.54, 1.807) is 6.07 Å². The Kier molecular flexibility index (Phi) is 7.11. The molecule has 6 nitrogen and oxygen atoms in total. The summed E-state index contributed by atoms with van der Waals surface area (Å²) in [5.41, 5.74) is 1.33. The topological polar surface area (TPSA) is 47.5 Å². The van der Waals surface area contributed by atoms with E-state index in [-0.39, 0.29) is 0 Å². The first kappa shape index (κ1) is 24.1. The number of rotatable bonds is 6. The van der Waals surface area contributed by atoms with Crippen LogP contribution >= 0.6 is 0 Å². The van der Waals surface area contributed by atoms with Crippen LogP contribution in [0.3, 0.4) is 0 Å². The molecule has 1 aromatic carbocycles. The Morgan fingerprint density at radius 1 is 1.06 bits per heavy atom. The molecule has 0 spiro atoms. The molecule has 4 rings (SSSR count). The van der Waals surface area contributed by atoms with Gasteiger partial charge in [0.25, 0.3) is 0 Å². The van der Waals surface area contributed by atoms with Gasteiger partial charge in [0, 0.05) is 58.6 Å². The number of anilines is 4. The lowest BCUT2D eigenvalue weighted by atomic mass is 9.95. The van der Waals surface area contributed by atoms with E-state index >= 15 is 0 Å². The maximum atomic E-state index is 12.9. The number of halogens is 3. The standard InChI is InChI=1S/C25H31F3N6/c1-18-5-4-6-19(15-18)17-33-11-13-34(14-12-33)24-30-22(16-23(31-24)32(2)3)29-21-9-7-20(8-10-21)25(26,27)28/h4-10,16,18H,11-15,17H2,1-3H3,(H,29,30,31). The van der Waals surface area contributed by atoms with Crippen LogP contribution in [0.2, 0.25) is 0 Å². The molecule has 2 heterocycles. The predicted octanol–water partition coefficient (Wildman–Crippen LogP) is 4.95. The SMILES string of the molecule is CC1C=CC=C(CN2CCN(c3nc(Nc4ccc(C(F)(F)F)cc4)cc(N(C)C)n3)CC2)C1. The second-order valence-electron chi connectivity index (χ2n) is 9.16. The molecule has 1 unspecified atom stereocenters. The maximum absolute atomic E-state index is 12.9. The highest BCUT2D eigenvalue weighted by Gasteiger charge is 2.30. The Balaban J connectivity index is 1.44. The van der Waals surface area contributed by atoms with Gasteiger partial charge in [0.1, 0.15) is 11.6 Å². The van der Waals surface area contributed by atoms with E-state index in [2.05, 4.69) is 45.3 Å². The molecule has 1 saturated heterocycles. The Morgan fingerprint density at radius 3 is 2.38 bits per heavy atom. The smallest absolute Gasteiger partial charge is 0.363 e. The molecule has 34 heavy (non-hydrogen) atoms. The highest BCUT2D eigenvalue weighted by Crippen LogP contribution is 2.31. The molecule has 0 saturated carbocycles. The van der Waals surface area contributed by atoms with E-state index < -0.39 is 11.7 Å². The number of hydrogen-bond donors (Lipinski definition) is 1. The summed E-state index contributed by atoms with van der Waals surface area (Å²) in [6.07, 6.45) is 3.39. The van der Waals surface area contributed by atoms with Gasteiger partial charge in [-0.1, -0.05) is 30.7 Å². The summed E-state index contributed by atoms with van der Waals surface area (Å²) < 4.78 is 38.6. The molecule has 1 aliphatic heterocycles. The average Bonchev–Trinajstić information content (AvgIpc) is 2.79. The molecule has 1 fully saturated rings. The van der Waals surface area contributed by atoms with E-state index in [0.29, 0.717) is 23.4 Å². The third-order valence-corrected chi connectivity index (χ3v) is 6.08. The van der Waals surface area contributed by atoms with Crippen molar-refractivity contribution in [3.05, 3.63) is 59.7 Å². The van der Waals surface area contributed by atoms with E-state index in [0.717, 1.165) is 57.1 Å². The molecule has 1 aliphatic carbocycles. The van der Waals surface area contributed by atoms with Crippen LogP contribution in [0.25, 0.3) is 0 Å². The number of piperazine rings is 1. The van der Waals surface area contributed by atoms with E-state index in [9.17, 15) is 13.2 Å². The zero-order valence-corrected chi connectivity index (χ0v) is 19.8. The number of nitrogens with one attached hydrogen (secondary N) is 1. The molecule has 182 valence electrons. The molecule has 1 N–H and O–H groups in total. The van der Waals surface area contributed by atoms with Crippen molar-refractivity contribution in [3.8, 4) is 0 Å². The van der Waals surface area contributed by atoms with E-state index in [1.807, 2.05) is 19.0 Å². The summed E-state index contributed by atoms with van der Waals surface area (Å²) in [4.78, 5) is 15.9. The normalized spacial score (nSPS) is 19.2. The van der Waals surface area contributed by atoms with Crippen molar-refractivity contribution in [1.82, 2.24) is 14.9 Å². The van der Waals surface area contributed by atoms with Crippen LogP contribution < -0.4 is 15.1 Å². The van der Waals surface area contributed by atoms with Gasteiger partial charge in [0.2, 0.25) is 5.95 Å². The zero-order chi connectivity index (χ0) is 24.3. The first-order valence-electron chi connectivity index (χ1n) is 11.5. The molecule has 0 amide bonds. The van der Waals surface area contributed by atoms with Crippen molar-refractivity contribution >= 4 is 23.3 Å². The second-order valence-corrected chi connectivity index (χ2v) is 9.16. The molecule has 1 aromatic heterocycles. The van der Waals surface area contributed by atoms with Crippen LogP contribution in [0, 0.1) is 5.92 Å². The Morgan fingerprint density at radius 2 is 1.76 bits per heavy atom. The number of alkyl halides is 3. The summed E-state index contributed by atoms with van der Waals surface area (Å²) in [5, 5.41) is 3.13. The van der Waals surface area contributed by atoms with Crippen LogP contribution in [0.4, 0.5) is 36.4 Å². The van der Waals surface area contributed by atoms with Crippen molar-refractivity contribution in [2.24, 2.45) is 5.92 Å². The molecule has 0 radical (unpaired) electrons. The number of nitrogens with zero attached hydrogens (tertiary/aromatic N) is 5. The van der Waals surface area contributed by atoms with Crippen LogP contribution in [-0.2, 0) is 6.18 Å². The lowest BCUT2D eigenvalue weighted by Gasteiger charge is -2.36. The maximum Gasteiger partial charge on any atom is 0.416 e. The summed E-state index contributed by atoms with van der Waals surface area (Å²) in [5.74, 6) is 2.49. The van der Waals surface area contributed by atoms with Gasteiger partial charge in [-0.15, -0.1) is 0 Å². The van der Waals surface area contributed by atoms with E-state index in [4.69, 9.17) is 4.98 Å². The van der Waals surface area contributed by atoms with Gasteiger partial charge in [0.15, 0.2) is 0 Å². The molecule has 9 heteroatoms. The molecule has 2 aliphatic rings. The zero-order valence-electron chi connectivity index (χ0n) is 19.8. The number of aromatic nitrogens is 2. The van der Waals surface area contributed by atoms with Gasteiger partial charge < -0.3 is 15.1 Å². The number of allylic oxidation sites excluding steroid dienone is 3. The van der Waals surface area contributed by atoms with Gasteiger partial charge in [0.05, 0.1) is 5.56 Å². The highest BCUT2D eigenvalue weighted by atomic mass is 19.4. The summed E-state index contributed by atoms with van der Waals surface area (Å²) in [6.45, 7) is 6.71. The fraction of sp³-hybridized carbons (Fsp3) is 0.440. The summed E-state index contributed by atoms with van der Waals surface area (Å²) in [6, 6.07) is 6.74. The third-order valence-electron chi connectivity index (χ3n) is 6.08. The molecule has 1 atom stereocenters. The lowest BCUT2D eigenvalue weighted by molar-refractivity contribution is -0.137. The molecule has 0 bridgehead atoms. The van der Waals surface area contributed by atoms with Crippen molar-refractivity contribution < 1.29 is 13.2 Å². The van der Waals surface area contributed by atoms with Gasteiger partial charge >= 0.3 is 6.18 Å². The second kappa shape index (κ2) is 10.0. The number of benzene rings is 1. The minimum atomic E-state index is -4.36. The Hall–Kier alpha value is -3.07. The largest absolute Gasteiger partial charge is 0.416 e. The summed E-state index contributed by atoms with van der Waals surface area (Å²) >= 11 is 0. The Labute approximate surface area is 198 Å². The molecular formula is C25H31F3N6. The fourth-order valence-corrected chi connectivity index (χ4v) is 4.19. The van der Waals surface area contributed by atoms with Gasteiger partial charge in [-0.25, -0.2) is 0 Å². The van der Waals surface area contributed by atoms with Crippen LogP contribution in [0.1, 0.15) is 18.9 Å². The van der Waals surface area contributed by atoms with Crippen LogP contribution in [-0.4, -0.2) is 61.7 Å². The van der Waals surface area contributed by atoms with Crippen molar-refractivity contribution in [1.29, 1.82) is 0 Å². The minimum Gasteiger partial charge on any atom is -0.363 e. The lowest BCUT2D eigenvalue weighted by Crippen LogP contribution is -2.47. The van der Waals surface area contributed by atoms with Crippen molar-refractivity contribution in [3.63, 3.8) is 0 Å². The Bertz CT molecular complexity index is 1040. The predicted molar refractivity (Wildman–Crippen MR) is 131 cm³/mol. The quantitative estimate of drug-likeness (QED) is 0.642. The summed E-state index contributed by atoms with van der Waals surface area (Å²) in [7, 11) is 3.80. The highest BCUT2D eigenvalue weighted by molar-refractivity contribution is 5.62. The van der Waals surface area contributed by atoms with E-state index in [1.165, 1.54) is 17.7 Å².